The molecule has 0 aromatic heterocycles. The van der Waals surface area contributed by atoms with E-state index in [4.69, 9.17) is 11.6 Å². The number of hydrogen-bond acceptors (Lipinski definition) is 6. The molecule has 12 heteroatoms. The minimum absolute atomic E-state index is 0.0110. The van der Waals surface area contributed by atoms with Gasteiger partial charge in [0.15, 0.2) is 0 Å². The Kier molecular flexibility index (Phi) is 10.4. The molecule has 2 amide bonds. The quantitative estimate of drug-likeness (QED) is 0.222. The maximum Gasteiger partial charge on any atom is 0.271 e. The van der Waals surface area contributed by atoms with Gasteiger partial charge in [-0.3, -0.25) is 24.0 Å². The van der Waals surface area contributed by atoms with Crippen LogP contribution in [-0.4, -0.2) is 54.9 Å². The van der Waals surface area contributed by atoms with Crippen LogP contribution in [0, 0.1) is 17.0 Å². The van der Waals surface area contributed by atoms with Gasteiger partial charge in [-0.1, -0.05) is 79.0 Å². The van der Waals surface area contributed by atoms with Gasteiger partial charge in [0.2, 0.25) is 21.8 Å². The molecule has 4 rings (SSSR count). The number of nitrogens with one attached hydrogen (secondary N) is 1. The average Bonchev–Trinajstić information content (AvgIpc) is 3.47. The standard InChI is InChI=1S/C31H35ClN4O6S/c1-22-16-17-26(36(39)40)19-28(22)35(43(2,41)42)21-30(37)34(20-24-12-6-9-15-27(24)32)29(18-23-10-4-3-5-11-23)31(38)33-25-13-7-8-14-25/h3-6,9-12,15-17,19,25,29H,7-8,13-14,18,20-21H2,1-2H3,(H,33,38)/t29-/m1/s1. The number of benzene rings is 3. The van der Waals surface area contributed by atoms with Crippen molar-refractivity contribution in [2.24, 2.45) is 0 Å². The van der Waals surface area contributed by atoms with Gasteiger partial charge in [0.05, 0.1) is 16.9 Å². The first-order valence-corrected chi connectivity index (χ1v) is 16.3. The van der Waals surface area contributed by atoms with Crippen LogP contribution < -0.4 is 9.62 Å². The Bertz CT molecular complexity index is 1580. The summed E-state index contributed by atoms with van der Waals surface area (Å²) >= 11 is 6.49. The van der Waals surface area contributed by atoms with Crippen molar-refractivity contribution in [1.82, 2.24) is 10.2 Å². The van der Waals surface area contributed by atoms with E-state index in [1.165, 1.54) is 17.0 Å². The molecule has 3 aromatic carbocycles. The lowest BCUT2D eigenvalue weighted by Crippen LogP contribution is -2.54. The van der Waals surface area contributed by atoms with Crippen LogP contribution in [0.2, 0.25) is 5.02 Å². The van der Waals surface area contributed by atoms with Crippen molar-refractivity contribution in [2.75, 3.05) is 17.1 Å². The molecule has 3 aromatic rings. The second-order valence-corrected chi connectivity index (χ2v) is 13.1. The number of sulfonamides is 1. The van der Waals surface area contributed by atoms with E-state index >= 15 is 0 Å². The van der Waals surface area contributed by atoms with Crippen LogP contribution in [0.15, 0.2) is 72.8 Å². The fourth-order valence-electron chi connectivity index (χ4n) is 5.31. The first-order chi connectivity index (χ1) is 20.4. The van der Waals surface area contributed by atoms with Crippen molar-refractivity contribution < 1.29 is 22.9 Å². The summed E-state index contributed by atoms with van der Waals surface area (Å²) in [7, 11) is -4.08. The molecule has 0 spiro atoms. The van der Waals surface area contributed by atoms with E-state index in [0.717, 1.165) is 47.9 Å². The average molecular weight is 627 g/mol. The summed E-state index contributed by atoms with van der Waals surface area (Å²) in [6, 6.07) is 19.1. The second-order valence-electron chi connectivity index (χ2n) is 10.8. The van der Waals surface area contributed by atoms with Gasteiger partial charge in [0.1, 0.15) is 12.6 Å². The minimum Gasteiger partial charge on any atom is -0.352 e. The van der Waals surface area contributed by atoms with E-state index in [0.29, 0.717) is 16.1 Å². The highest BCUT2D eigenvalue weighted by Crippen LogP contribution is 2.29. The summed E-state index contributed by atoms with van der Waals surface area (Å²) in [4.78, 5) is 40.4. The maximum atomic E-state index is 14.3. The zero-order valence-electron chi connectivity index (χ0n) is 24.1. The smallest absolute Gasteiger partial charge is 0.271 e. The monoisotopic (exact) mass is 626 g/mol. The molecule has 0 aliphatic heterocycles. The van der Waals surface area contributed by atoms with Crippen LogP contribution >= 0.6 is 11.6 Å². The number of carbonyl (C=O) groups is 2. The van der Waals surface area contributed by atoms with Gasteiger partial charge < -0.3 is 10.2 Å². The minimum atomic E-state index is -4.08. The summed E-state index contributed by atoms with van der Waals surface area (Å²) in [6.45, 7) is 0.878. The molecule has 0 unspecified atom stereocenters. The number of nitro benzene ring substituents is 1. The number of nitrogens with zero attached hydrogens (tertiary/aromatic N) is 3. The highest BCUT2D eigenvalue weighted by molar-refractivity contribution is 7.92. The number of rotatable bonds is 12. The largest absolute Gasteiger partial charge is 0.352 e. The lowest BCUT2D eigenvalue weighted by molar-refractivity contribution is -0.384. The Hall–Kier alpha value is -3.96. The van der Waals surface area contributed by atoms with Gasteiger partial charge >= 0.3 is 0 Å². The molecule has 0 bridgehead atoms. The third kappa shape index (κ3) is 8.32. The zero-order valence-corrected chi connectivity index (χ0v) is 25.7. The number of anilines is 1. The molecule has 0 radical (unpaired) electrons. The Morgan fingerprint density at radius 2 is 1.70 bits per heavy atom. The molecule has 43 heavy (non-hydrogen) atoms. The Morgan fingerprint density at radius 1 is 1.05 bits per heavy atom. The molecule has 1 aliphatic rings. The number of nitro groups is 1. The van der Waals surface area contributed by atoms with Gasteiger partial charge in [-0.2, -0.15) is 0 Å². The fraction of sp³-hybridized carbons (Fsp3) is 0.355. The van der Waals surface area contributed by atoms with Gasteiger partial charge in [-0.15, -0.1) is 0 Å². The molecule has 1 N–H and O–H groups in total. The lowest BCUT2D eigenvalue weighted by atomic mass is 10.0. The van der Waals surface area contributed by atoms with Gasteiger partial charge in [-0.05, 0) is 42.5 Å². The number of aryl methyl sites for hydroxylation is 1. The number of hydrogen-bond donors (Lipinski definition) is 1. The zero-order chi connectivity index (χ0) is 31.1. The van der Waals surface area contributed by atoms with Gasteiger partial charge in [0.25, 0.3) is 5.69 Å². The summed E-state index contributed by atoms with van der Waals surface area (Å²) in [5, 5.41) is 15.0. The summed E-state index contributed by atoms with van der Waals surface area (Å²) in [5.74, 6) is -0.993. The molecule has 0 saturated heterocycles. The molecular weight excluding hydrogens is 592 g/mol. The van der Waals surface area contributed by atoms with E-state index in [1.807, 2.05) is 30.3 Å². The highest BCUT2D eigenvalue weighted by Gasteiger charge is 2.35. The predicted molar refractivity (Wildman–Crippen MR) is 166 cm³/mol. The fourth-order valence-corrected chi connectivity index (χ4v) is 6.40. The second kappa shape index (κ2) is 14.0. The Morgan fingerprint density at radius 3 is 2.33 bits per heavy atom. The van der Waals surface area contributed by atoms with Crippen molar-refractivity contribution in [3.05, 3.63) is 105 Å². The van der Waals surface area contributed by atoms with Gasteiger partial charge in [-0.25, -0.2) is 8.42 Å². The van der Waals surface area contributed by atoms with E-state index in [1.54, 1.807) is 31.2 Å². The third-order valence-electron chi connectivity index (χ3n) is 7.62. The lowest BCUT2D eigenvalue weighted by Gasteiger charge is -2.34. The van der Waals surface area contributed by atoms with Crippen LogP contribution in [-0.2, 0) is 32.6 Å². The molecule has 228 valence electrons. The summed E-state index contributed by atoms with van der Waals surface area (Å²) < 4.78 is 26.9. The van der Waals surface area contributed by atoms with E-state index < -0.39 is 33.4 Å². The third-order valence-corrected chi connectivity index (χ3v) is 9.12. The number of amides is 2. The first-order valence-electron chi connectivity index (χ1n) is 14.0. The Balaban J connectivity index is 1.77. The van der Waals surface area contributed by atoms with E-state index in [9.17, 15) is 28.1 Å². The maximum absolute atomic E-state index is 14.3. The summed E-state index contributed by atoms with van der Waals surface area (Å²) in [6.07, 6.45) is 4.81. The molecule has 1 saturated carbocycles. The van der Waals surface area contributed by atoms with Crippen LogP contribution in [0.5, 0.6) is 0 Å². The molecule has 0 heterocycles. The van der Waals surface area contributed by atoms with Crippen LogP contribution in [0.1, 0.15) is 42.4 Å². The normalized spacial score (nSPS) is 14.2. The molecule has 1 aliphatic carbocycles. The van der Waals surface area contributed by atoms with Gasteiger partial charge in [0, 0.05) is 36.2 Å². The van der Waals surface area contributed by atoms with Crippen LogP contribution in [0.25, 0.3) is 0 Å². The number of non-ortho nitro benzene ring substituents is 1. The van der Waals surface area contributed by atoms with Crippen molar-refractivity contribution >= 4 is 44.8 Å². The topological polar surface area (TPSA) is 130 Å². The predicted octanol–water partition coefficient (Wildman–Crippen LogP) is 5.02. The van der Waals surface area contributed by atoms with E-state index in [-0.39, 0.29) is 36.3 Å². The molecular formula is C31H35ClN4O6S. The number of carbonyl (C=O) groups excluding carboxylic acids is 2. The molecule has 1 atom stereocenters. The molecule has 1 fully saturated rings. The Labute approximate surface area is 256 Å². The van der Waals surface area contributed by atoms with Crippen LogP contribution in [0.3, 0.4) is 0 Å². The SMILES string of the molecule is Cc1ccc([N+](=O)[O-])cc1N(CC(=O)N(Cc1ccccc1Cl)[C@H](Cc1ccccc1)C(=O)NC1CCCC1)S(C)(=O)=O. The van der Waals surface area contributed by atoms with Crippen molar-refractivity contribution in [3.63, 3.8) is 0 Å². The van der Waals surface area contributed by atoms with Crippen molar-refractivity contribution in [3.8, 4) is 0 Å². The number of halogens is 1. The van der Waals surface area contributed by atoms with Crippen LogP contribution in [0.4, 0.5) is 11.4 Å². The summed E-state index contributed by atoms with van der Waals surface area (Å²) in [5.41, 5.74) is 1.54. The first kappa shape index (κ1) is 32.0. The van der Waals surface area contributed by atoms with E-state index in [2.05, 4.69) is 5.32 Å². The highest BCUT2D eigenvalue weighted by atomic mass is 35.5. The van der Waals surface area contributed by atoms with Crippen molar-refractivity contribution in [1.29, 1.82) is 0 Å². The molecule has 10 nitrogen and oxygen atoms in total. The van der Waals surface area contributed by atoms with Crippen molar-refractivity contribution in [2.45, 2.75) is 57.7 Å².